The molecule has 1 aliphatic heterocycles. The number of hydrogen-bond donors (Lipinski definition) is 2. The number of piperidine rings is 1. The van der Waals surface area contributed by atoms with Crippen LogP contribution < -0.4 is 10.0 Å². The Morgan fingerprint density at radius 3 is 2.79 bits per heavy atom. The molecular formula is C15H23F2N3O3S. The van der Waals surface area contributed by atoms with Gasteiger partial charge in [0.1, 0.15) is 0 Å². The van der Waals surface area contributed by atoms with Crippen molar-refractivity contribution < 1.29 is 21.9 Å². The molecular weight excluding hydrogens is 340 g/mol. The predicted molar refractivity (Wildman–Crippen MR) is 86.9 cm³/mol. The van der Waals surface area contributed by atoms with Gasteiger partial charge in [-0.3, -0.25) is 0 Å². The van der Waals surface area contributed by atoms with Crippen LogP contribution in [-0.4, -0.2) is 59.2 Å². The molecule has 1 saturated heterocycles. The van der Waals surface area contributed by atoms with Crippen LogP contribution in [0.4, 0.5) is 8.78 Å². The topological polar surface area (TPSA) is 70.7 Å². The smallest absolute Gasteiger partial charge is 0.279 e. The van der Waals surface area contributed by atoms with Gasteiger partial charge in [0.05, 0.1) is 6.61 Å². The van der Waals surface area contributed by atoms with E-state index in [4.69, 9.17) is 4.74 Å². The Bertz CT molecular complexity index is 657. The Kier molecular flexibility index (Phi) is 6.64. The number of likely N-dealkylation sites (N-methyl/N-ethyl adjacent to an activating group) is 1. The highest BCUT2D eigenvalue weighted by molar-refractivity contribution is 7.87. The zero-order valence-corrected chi connectivity index (χ0v) is 14.6. The van der Waals surface area contributed by atoms with Crippen molar-refractivity contribution >= 4 is 10.2 Å². The van der Waals surface area contributed by atoms with Gasteiger partial charge in [0.15, 0.2) is 11.6 Å². The lowest BCUT2D eigenvalue weighted by Gasteiger charge is -2.34. The minimum atomic E-state index is -3.70. The van der Waals surface area contributed by atoms with Gasteiger partial charge in [0.25, 0.3) is 10.2 Å². The molecule has 0 aliphatic carbocycles. The zero-order chi connectivity index (χ0) is 17.7. The Labute approximate surface area is 141 Å². The molecule has 2 rings (SSSR count). The summed E-state index contributed by atoms with van der Waals surface area (Å²) in [6, 6.07) is 3.27. The Morgan fingerprint density at radius 2 is 2.12 bits per heavy atom. The number of rotatable bonds is 7. The van der Waals surface area contributed by atoms with Crippen molar-refractivity contribution in [3.8, 4) is 0 Å². The number of methoxy groups -OCH3 is 1. The molecule has 1 aromatic carbocycles. The van der Waals surface area contributed by atoms with E-state index in [1.54, 1.807) is 0 Å². The van der Waals surface area contributed by atoms with Crippen molar-refractivity contribution in [1.82, 2.24) is 14.3 Å². The number of halogens is 2. The molecule has 0 amide bonds. The molecule has 136 valence electrons. The molecule has 2 N–H and O–H groups in total. The lowest BCUT2D eigenvalue weighted by Crippen LogP contribution is -2.53. The quantitative estimate of drug-likeness (QED) is 0.753. The third-order valence-electron chi connectivity index (χ3n) is 4.17. The third-order valence-corrected chi connectivity index (χ3v) is 5.78. The van der Waals surface area contributed by atoms with Gasteiger partial charge in [-0.1, -0.05) is 6.07 Å². The summed E-state index contributed by atoms with van der Waals surface area (Å²) in [5.41, 5.74) is 0.586. The van der Waals surface area contributed by atoms with Crippen molar-refractivity contribution in [2.45, 2.75) is 18.4 Å². The van der Waals surface area contributed by atoms with Crippen LogP contribution in [0.15, 0.2) is 18.2 Å². The Hall–Kier alpha value is -1.13. The molecule has 0 radical (unpaired) electrons. The van der Waals surface area contributed by atoms with Crippen molar-refractivity contribution in [3.63, 3.8) is 0 Å². The molecule has 24 heavy (non-hydrogen) atoms. The zero-order valence-electron chi connectivity index (χ0n) is 13.8. The first-order chi connectivity index (χ1) is 11.3. The van der Waals surface area contributed by atoms with Crippen LogP contribution in [0.5, 0.6) is 0 Å². The first kappa shape index (κ1) is 19.2. The fourth-order valence-electron chi connectivity index (χ4n) is 2.75. The summed E-state index contributed by atoms with van der Waals surface area (Å²) in [4.78, 5) is 0. The molecule has 2 unspecified atom stereocenters. The molecule has 9 heteroatoms. The first-order valence-electron chi connectivity index (χ1n) is 7.73. The van der Waals surface area contributed by atoms with E-state index in [0.29, 0.717) is 25.1 Å². The molecule has 0 bridgehead atoms. The maximum Gasteiger partial charge on any atom is 0.279 e. The number of nitrogens with zero attached hydrogens (tertiary/aromatic N) is 1. The maximum absolute atomic E-state index is 13.5. The fraction of sp³-hybridized carbons (Fsp3) is 0.600. The predicted octanol–water partition coefficient (Wildman–Crippen LogP) is 0.823. The normalized spacial score (nSPS) is 22.0. The maximum atomic E-state index is 13.5. The van der Waals surface area contributed by atoms with E-state index in [2.05, 4.69) is 10.0 Å². The van der Waals surface area contributed by atoms with Crippen LogP contribution in [0, 0.1) is 11.6 Å². The number of benzene rings is 1. The first-order valence-corrected chi connectivity index (χ1v) is 9.17. The monoisotopic (exact) mass is 363 g/mol. The number of nitrogens with one attached hydrogen (secondary N) is 2. The van der Waals surface area contributed by atoms with E-state index in [0.717, 1.165) is 12.1 Å². The highest BCUT2D eigenvalue weighted by Crippen LogP contribution is 2.27. The average molecular weight is 363 g/mol. The van der Waals surface area contributed by atoms with Crippen molar-refractivity contribution in [3.05, 3.63) is 35.4 Å². The third kappa shape index (κ3) is 4.70. The average Bonchev–Trinajstić information content (AvgIpc) is 2.55. The van der Waals surface area contributed by atoms with Gasteiger partial charge in [-0.2, -0.15) is 17.4 Å². The van der Waals surface area contributed by atoms with Crippen LogP contribution in [0.1, 0.15) is 17.9 Å². The van der Waals surface area contributed by atoms with Gasteiger partial charge in [-0.15, -0.1) is 0 Å². The SMILES string of the molecule is COCCN(C)S(=O)(=O)NC1CNCCC1c1ccc(F)c(F)c1. The highest BCUT2D eigenvalue weighted by Gasteiger charge is 2.31. The second kappa shape index (κ2) is 8.30. The lowest BCUT2D eigenvalue weighted by molar-refractivity contribution is 0.184. The molecule has 1 heterocycles. The summed E-state index contributed by atoms with van der Waals surface area (Å²) < 4.78 is 60.2. The van der Waals surface area contributed by atoms with Gasteiger partial charge < -0.3 is 10.1 Å². The van der Waals surface area contributed by atoms with E-state index in [1.165, 1.54) is 24.5 Å². The summed E-state index contributed by atoms with van der Waals surface area (Å²) >= 11 is 0. The van der Waals surface area contributed by atoms with Crippen LogP contribution in [0.3, 0.4) is 0 Å². The van der Waals surface area contributed by atoms with E-state index in [-0.39, 0.29) is 19.1 Å². The fourth-order valence-corrected chi connectivity index (χ4v) is 3.87. The van der Waals surface area contributed by atoms with Crippen LogP contribution in [-0.2, 0) is 14.9 Å². The second-order valence-electron chi connectivity index (χ2n) is 5.82. The largest absolute Gasteiger partial charge is 0.383 e. The molecule has 1 aromatic rings. The molecule has 0 saturated carbocycles. The van der Waals surface area contributed by atoms with Crippen molar-refractivity contribution in [2.75, 3.05) is 40.4 Å². The summed E-state index contributed by atoms with van der Waals surface area (Å²) in [5, 5.41) is 3.13. The van der Waals surface area contributed by atoms with E-state index >= 15 is 0 Å². The summed E-state index contributed by atoms with van der Waals surface area (Å²) in [7, 11) is -0.735. The van der Waals surface area contributed by atoms with Gasteiger partial charge in [0, 0.05) is 39.2 Å². The van der Waals surface area contributed by atoms with Gasteiger partial charge in [-0.05, 0) is 30.7 Å². The molecule has 2 atom stereocenters. The Morgan fingerprint density at radius 1 is 1.38 bits per heavy atom. The van der Waals surface area contributed by atoms with Gasteiger partial charge in [0.2, 0.25) is 0 Å². The second-order valence-corrected chi connectivity index (χ2v) is 7.63. The van der Waals surface area contributed by atoms with Gasteiger partial charge >= 0.3 is 0 Å². The number of hydrogen-bond acceptors (Lipinski definition) is 4. The molecule has 1 aliphatic rings. The van der Waals surface area contributed by atoms with E-state index in [9.17, 15) is 17.2 Å². The van der Waals surface area contributed by atoms with E-state index < -0.39 is 27.9 Å². The lowest BCUT2D eigenvalue weighted by atomic mass is 9.86. The number of ether oxygens (including phenoxy) is 1. The van der Waals surface area contributed by atoms with Gasteiger partial charge in [-0.25, -0.2) is 8.78 Å². The van der Waals surface area contributed by atoms with E-state index in [1.807, 2.05) is 0 Å². The summed E-state index contributed by atoms with van der Waals surface area (Å²) in [5.74, 6) is -2.07. The standard InChI is InChI=1S/C15H23F2N3O3S/c1-20(7-8-23-2)24(21,22)19-15-10-18-6-5-12(15)11-3-4-13(16)14(17)9-11/h3-4,9,12,15,18-19H,5-8,10H2,1-2H3. The minimum Gasteiger partial charge on any atom is -0.383 e. The molecule has 0 aromatic heterocycles. The van der Waals surface area contributed by atoms with Crippen LogP contribution in [0.25, 0.3) is 0 Å². The molecule has 1 fully saturated rings. The Balaban J connectivity index is 2.15. The summed E-state index contributed by atoms with van der Waals surface area (Å²) in [6.07, 6.45) is 0.625. The molecule has 6 nitrogen and oxygen atoms in total. The highest BCUT2D eigenvalue weighted by atomic mass is 32.2. The summed E-state index contributed by atoms with van der Waals surface area (Å²) in [6.45, 7) is 1.61. The van der Waals surface area contributed by atoms with Crippen molar-refractivity contribution in [1.29, 1.82) is 0 Å². The molecule has 0 spiro atoms. The minimum absolute atomic E-state index is 0.224. The van der Waals surface area contributed by atoms with Crippen LogP contribution >= 0.6 is 0 Å². The van der Waals surface area contributed by atoms with Crippen molar-refractivity contribution in [2.24, 2.45) is 0 Å². The van der Waals surface area contributed by atoms with Crippen LogP contribution in [0.2, 0.25) is 0 Å².